The van der Waals surface area contributed by atoms with Crippen LogP contribution in [0.1, 0.15) is 16.2 Å². The average Bonchev–Trinajstić information content (AvgIpc) is 2.81. The number of carbonyl (C=O) groups excluding carboxylic acids is 1. The first kappa shape index (κ1) is 12.1. The molecular formula is C11H16N4OS. The van der Waals surface area contributed by atoms with Crippen molar-refractivity contribution in [3.05, 3.63) is 23.0 Å². The van der Waals surface area contributed by atoms with Crippen LogP contribution in [0.25, 0.3) is 4.96 Å². The van der Waals surface area contributed by atoms with E-state index in [9.17, 15) is 4.79 Å². The standard InChI is InChI=1S/C11H16N4OS/c1-8-7-17-11-13-9(6-15(8)11)10(16)12-4-5-14(2)3/h6-7H,4-5H2,1-3H3,(H,12,16). The van der Waals surface area contributed by atoms with Crippen molar-refractivity contribution >= 4 is 22.2 Å². The van der Waals surface area contributed by atoms with Gasteiger partial charge >= 0.3 is 0 Å². The molecule has 0 bridgehead atoms. The molecule has 2 aromatic heterocycles. The van der Waals surface area contributed by atoms with E-state index in [-0.39, 0.29) is 5.91 Å². The Morgan fingerprint density at radius 2 is 2.35 bits per heavy atom. The molecule has 2 heterocycles. The van der Waals surface area contributed by atoms with Gasteiger partial charge in [-0.15, -0.1) is 11.3 Å². The largest absolute Gasteiger partial charge is 0.349 e. The predicted octanol–water partition coefficient (Wildman–Crippen LogP) is 0.996. The smallest absolute Gasteiger partial charge is 0.271 e. The molecule has 2 aromatic rings. The molecule has 0 radical (unpaired) electrons. The number of imidazole rings is 1. The lowest BCUT2D eigenvalue weighted by Crippen LogP contribution is -2.31. The van der Waals surface area contributed by atoms with Crippen LogP contribution in [0, 0.1) is 6.92 Å². The van der Waals surface area contributed by atoms with E-state index in [1.54, 1.807) is 17.5 Å². The van der Waals surface area contributed by atoms with Gasteiger partial charge in [-0.1, -0.05) is 0 Å². The van der Waals surface area contributed by atoms with Crippen molar-refractivity contribution in [2.75, 3.05) is 27.2 Å². The highest BCUT2D eigenvalue weighted by Crippen LogP contribution is 2.15. The summed E-state index contributed by atoms with van der Waals surface area (Å²) in [4.78, 5) is 19.0. The minimum absolute atomic E-state index is 0.109. The van der Waals surface area contributed by atoms with E-state index in [0.29, 0.717) is 12.2 Å². The highest BCUT2D eigenvalue weighted by Gasteiger charge is 2.11. The van der Waals surface area contributed by atoms with Gasteiger partial charge in [0.25, 0.3) is 5.91 Å². The van der Waals surface area contributed by atoms with Crippen molar-refractivity contribution in [3.8, 4) is 0 Å². The summed E-state index contributed by atoms with van der Waals surface area (Å²) in [6.07, 6.45) is 1.78. The second-order valence-corrected chi connectivity index (χ2v) is 5.05. The van der Waals surface area contributed by atoms with Crippen molar-refractivity contribution < 1.29 is 4.79 Å². The monoisotopic (exact) mass is 252 g/mol. The zero-order valence-electron chi connectivity index (χ0n) is 10.2. The van der Waals surface area contributed by atoms with Crippen LogP contribution >= 0.6 is 11.3 Å². The number of amides is 1. The van der Waals surface area contributed by atoms with Crippen LogP contribution in [0.2, 0.25) is 0 Å². The van der Waals surface area contributed by atoms with Gasteiger partial charge in [0.15, 0.2) is 4.96 Å². The number of fused-ring (bicyclic) bond motifs is 1. The first-order valence-electron chi connectivity index (χ1n) is 5.44. The van der Waals surface area contributed by atoms with E-state index >= 15 is 0 Å². The lowest BCUT2D eigenvalue weighted by Gasteiger charge is -2.09. The fourth-order valence-corrected chi connectivity index (χ4v) is 2.34. The third kappa shape index (κ3) is 2.65. The number of thiazole rings is 1. The molecule has 92 valence electrons. The van der Waals surface area contributed by atoms with Crippen LogP contribution in [0.5, 0.6) is 0 Å². The van der Waals surface area contributed by atoms with E-state index in [0.717, 1.165) is 17.2 Å². The third-order valence-electron chi connectivity index (χ3n) is 2.47. The molecule has 0 aliphatic rings. The molecule has 0 unspecified atom stereocenters. The minimum Gasteiger partial charge on any atom is -0.349 e. The molecular weight excluding hydrogens is 236 g/mol. The van der Waals surface area contributed by atoms with Gasteiger partial charge in [0.2, 0.25) is 0 Å². The molecule has 17 heavy (non-hydrogen) atoms. The molecule has 1 N–H and O–H groups in total. The van der Waals surface area contributed by atoms with Gasteiger partial charge < -0.3 is 10.2 Å². The number of likely N-dealkylation sites (N-methyl/N-ethyl adjacent to an activating group) is 1. The maximum atomic E-state index is 11.8. The SMILES string of the molecule is Cc1csc2nc(C(=O)NCCN(C)C)cn12. The molecule has 0 atom stereocenters. The molecule has 0 aliphatic heterocycles. The fraction of sp³-hybridized carbons (Fsp3) is 0.455. The van der Waals surface area contributed by atoms with Crippen molar-refractivity contribution in [2.24, 2.45) is 0 Å². The van der Waals surface area contributed by atoms with Crippen molar-refractivity contribution in [1.29, 1.82) is 0 Å². The summed E-state index contributed by atoms with van der Waals surface area (Å²) in [6.45, 7) is 3.46. The predicted molar refractivity (Wildman–Crippen MR) is 68.7 cm³/mol. The molecule has 0 saturated heterocycles. The Morgan fingerprint density at radius 3 is 3.00 bits per heavy atom. The van der Waals surface area contributed by atoms with Gasteiger partial charge in [0.1, 0.15) is 5.69 Å². The van der Waals surface area contributed by atoms with Gasteiger partial charge in [-0.2, -0.15) is 0 Å². The number of carbonyl (C=O) groups is 1. The minimum atomic E-state index is -0.109. The quantitative estimate of drug-likeness (QED) is 0.883. The Kier molecular flexibility index (Phi) is 3.44. The highest BCUT2D eigenvalue weighted by atomic mass is 32.1. The zero-order valence-corrected chi connectivity index (χ0v) is 11.0. The normalized spacial score (nSPS) is 11.3. The zero-order chi connectivity index (χ0) is 12.4. The first-order valence-corrected chi connectivity index (χ1v) is 6.32. The van der Waals surface area contributed by atoms with E-state index in [4.69, 9.17) is 0 Å². The van der Waals surface area contributed by atoms with E-state index in [2.05, 4.69) is 10.3 Å². The second kappa shape index (κ2) is 4.85. The Bertz CT molecular complexity index is 529. The van der Waals surface area contributed by atoms with Crippen LogP contribution in [0.3, 0.4) is 0 Å². The van der Waals surface area contributed by atoms with Crippen LogP contribution in [0.4, 0.5) is 0 Å². The molecule has 0 saturated carbocycles. The van der Waals surface area contributed by atoms with Gasteiger partial charge in [-0.25, -0.2) is 4.98 Å². The van der Waals surface area contributed by atoms with E-state index in [1.807, 2.05) is 35.7 Å². The molecule has 2 rings (SSSR count). The topological polar surface area (TPSA) is 49.6 Å². The summed E-state index contributed by atoms with van der Waals surface area (Å²) in [6, 6.07) is 0. The van der Waals surface area contributed by atoms with E-state index < -0.39 is 0 Å². The van der Waals surface area contributed by atoms with Crippen LogP contribution in [-0.4, -0.2) is 47.4 Å². The Morgan fingerprint density at radius 1 is 1.59 bits per heavy atom. The molecule has 0 fully saturated rings. The van der Waals surface area contributed by atoms with Gasteiger partial charge in [0, 0.05) is 30.4 Å². The summed E-state index contributed by atoms with van der Waals surface area (Å²) in [7, 11) is 3.95. The Labute approximate surface area is 104 Å². The number of nitrogens with zero attached hydrogens (tertiary/aromatic N) is 3. The Balaban J connectivity index is 2.03. The number of hydrogen-bond donors (Lipinski definition) is 1. The molecule has 1 amide bonds. The number of aryl methyl sites for hydroxylation is 1. The Hall–Kier alpha value is -1.40. The van der Waals surface area contributed by atoms with Gasteiger partial charge in [0.05, 0.1) is 0 Å². The van der Waals surface area contributed by atoms with Crippen molar-refractivity contribution in [3.63, 3.8) is 0 Å². The summed E-state index contributed by atoms with van der Waals surface area (Å²) in [5.74, 6) is -0.109. The summed E-state index contributed by atoms with van der Waals surface area (Å²) in [5, 5.41) is 4.87. The molecule has 0 spiro atoms. The van der Waals surface area contributed by atoms with Crippen molar-refractivity contribution in [1.82, 2.24) is 19.6 Å². The summed E-state index contributed by atoms with van der Waals surface area (Å²) < 4.78 is 1.94. The number of nitrogens with one attached hydrogen (secondary N) is 1. The number of rotatable bonds is 4. The average molecular weight is 252 g/mol. The maximum absolute atomic E-state index is 11.8. The number of aromatic nitrogens is 2. The van der Waals surface area contributed by atoms with Crippen molar-refractivity contribution in [2.45, 2.75) is 6.92 Å². The lowest BCUT2D eigenvalue weighted by atomic mass is 10.4. The highest BCUT2D eigenvalue weighted by molar-refractivity contribution is 7.15. The first-order chi connectivity index (χ1) is 8.08. The third-order valence-corrected chi connectivity index (χ3v) is 3.42. The number of hydrogen-bond acceptors (Lipinski definition) is 4. The second-order valence-electron chi connectivity index (χ2n) is 4.21. The van der Waals surface area contributed by atoms with Crippen LogP contribution in [0.15, 0.2) is 11.6 Å². The molecule has 0 aromatic carbocycles. The van der Waals surface area contributed by atoms with Crippen LogP contribution < -0.4 is 5.32 Å². The summed E-state index contributed by atoms with van der Waals surface area (Å²) in [5.41, 5.74) is 1.59. The molecule has 5 nitrogen and oxygen atoms in total. The molecule has 6 heteroatoms. The maximum Gasteiger partial charge on any atom is 0.271 e. The van der Waals surface area contributed by atoms with E-state index in [1.165, 1.54) is 0 Å². The lowest BCUT2D eigenvalue weighted by molar-refractivity contribution is 0.0946. The fourth-order valence-electron chi connectivity index (χ4n) is 1.49. The van der Waals surface area contributed by atoms with Gasteiger partial charge in [-0.05, 0) is 21.0 Å². The molecule has 0 aliphatic carbocycles. The van der Waals surface area contributed by atoms with Gasteiger partial charge in [-0.3, -0.25) is 9.20 Å². The van der Waals surface area contributed by atoms with Crippen LogP contribution in [-0.2, 0) is 0 Å². The summed E-state index contributed by atoms with van der Waals surface area (Å²) >= 11 is 1.54.